The van der Waals surface area contributed by atoms with Crippen molar-refractivity contribution in [2.45, 2.75) is 92.3 Å². The molecule has 0 saturated carbocycles. The van der Waals surface area contributed by atoms with Crippen LogP contribution >= 0.6 is 0 Å². The zero-order valence-electron chi connectivity index (χ0n) is 47.7. The van der Waals surface area contributed by atoms with Gasteiger partial charge in [-0.2, -0.15) is 0 Å². The number of anilines is 6. The van der Waals surface area contributed by atoms with Gasteiger partial charge in [-0.25, -0.2) is 0 Å². The summed E-state index contributed by atoms with van der Waals surface area (Å²) in [6.07, 6.45) is 0. The SMILES string of the molecule is CC(C)c1ccc(N(c2ccc(OC(C)(C)C)cc2)c2ccc3c4c(-c5ccccc5)c5c6ccc(N(c7ccc(OC(C)(C)C)cc7)c7ccc(C(C)C)cc7)c7cccc(c5c(-c5ccccc5)c4c4cccc2c43)c76)cc1. The summed E-state index contributed by atoms with van der Waals surface area (Å²) in [7, 11) is 0. The minimum atomic E-state index is -0.313. The first kappa shape index (κ1) is 50.6. The quantitative estimate of drug-likeness (QED) is 0.122. The number of fused-ring (bicyclic) bond motifs is 6. The summed E-state index contributed by atoms with van der Waals surface area (Å²) < 4.78 is 12.7. The summed E-state index contributed by atoms with van der Waals surface area (Å²) in [6.45, 7) is 21.6. The van der Waals surface area contributed by atoms with E-state index in [0.29, 0.717) is 11.8 Å². The van der Waals surface area contributed by atoms with E-state index in [1.54, 1.807) is 0 Å². The zero-order chi connectivity index (χ0) is 55.2. The van der Waals surface area contributed by atoms with E-state index in [1.807, 2.05) is 0 Å². The fraction of sp³-hybridized carbons (Fsp3) is 0.184. The molecule has 80 heavy (non-hydrogen) atoms. The molecule has 0 aromatic heterocycles. The molecule has 4 heteroatoms. The van der Waals surface area contributed by atoms with Crippen LogP contribution in [0.25, 0.3) is 86.9 Å². The van der Waals surface area contributed by atoms with Crippen molar-refractivity contribution in [3.05, 3.63) is 230 Å². The maximum Gasteiger partial charge on any atom is 0.120 e. The number of hydrogen-bond acceptors (Lipinski definition) is 4. The molecule has 0 fully saturated rings. The van der Waals surface area contributed by atoms with E-state index in [0.717, 1.165) is 45.6 Å². The van der Waals surface area contributed by atoms with Crippen molar-refractivity contribution in [2.75, 3.05) is 9.80 Å². The molecule has 0 N–H and O–H groups in total. The van der Waals surface area contributed by atoms with E-state index in [1.165, 1.54) is 98.0 Å². The largest absolute Gasteiger partial charge is 0.488 e. The second-order valence-corrected chi connectivity index (χ2v) is 24.3. The van der Waals surface area contributed by atoms with Gasteiger partial charge in [0, 0.05) is 33.5 Å². The molecule has 13 aromatic carbocycles. The molecule has 0 unspecified atom stereocenters. The predicted molar refractivity (Wildman–Crippen MR) is 343 cm³/mol. The Hall–Kier alpha value is -8.86. The summed E-state index contributed by atoms with van der Waals surface area (Å²) in [4.78, 5) is 4.86. The van der Waals surface area contributed by atoms with Crippen LogP contribution in [0.1, 0.15) is 92.2 Å². The summed E-state index contributed by atoms with van der Waals surface area (Å²) in [5, 5.41) is 15.0. The standard InChI is InChI=1S/C76H68N2O2/c1-47(2)49-27-31-53(32-28-49)77(55-35-39-57(40-36-55)79-75(5,6)7)65-45-43-63-69-59(65)23-17-25-61(69)71-67(51-19-13-11-14-20-51)72-62-26-18-24-60-66(46-44-64(70(60)62)74(72)68(73(63)71)52-21-15-12-16-22-52)78(54-33-29-50(30-34-54)48(3)4)56-37-41-58(42-38-56)80-76(8,9)10/h11-48H,1-10H3. The molecule has 0 amide bonds. The molecular weight excluding hydrogens is 973 g/mol. The van der Waals surface area contributed by atoms with Gasteiger partial charge in [0.25, 0.3) is 0 Å². The monoisotopic (exact) mass is 1040 g/mol. The topological polar surface area (TPSA) is 24.9 Å². The van der Waals surface area contributed by atoms with Crippen molar-refractivity contribution in [1.82, 2.24) is 0 Å². The van der Waals surface area contributed by atoms with Crippen LogP contribution in [0.5, 0.6) is 11.5 Å². The van der Waals surface area contributed by atoms with Gasteiger partial charge in [-0.05, 0) is 226 Å². The van der Waals surface area contributed by atoms with Crippen LogP contribution < -0.4 is 19.3 Å². The van der Waals surface area contributed by atoms with E-state index in [9.17, 15) is 0 Å². The highest BCUT2D eigenvalue weighted by Crippen LogP contribution is 2.58. The van der Waals surface area contributed by atoms with Gasteiger partial charge in [-0.1, -0.05) is 161 Å². The predicted octanol–water partition coefficient (Wildman–Crippen LogP) is 22.4. The zero-order valence-corrected chi connectivity index (χ0v) is 47.7. The Morgan fingerprint density at radius 2 is 0.588 bits per heavy atom. The fourth-order valence-corrected chi connectivity index (χ4v) is 12.5. The lowest BCUT2D eigenvalue weighted by molar-refractivity contribution is 0.130. The van der Waals surface area contributed by atoms with Crippen molar-refractivity contribution >= 4 is 98.8 Å². The van der Waals surface area contributed by atoms with E-state index in [4.69, 9.17) is 9.47 Å². The average Bonchev–Trinajstić information content (AvgIpc) is 4.01. The van der Waals surface area contributed by atoms with Crippen molar-refractivity contribution < 1.29 is 9.47 Å². The van der Waals surface area contributed by atoms with Gasteiger partial charge in [0.05, 0.1) is 11.4 Å². The molecule has 394 valence electrons. The van der Waals surface area contributed by atoms with Gasteiger partial charge >= 0.3 is 0 Å². The molecule has 0 spiro atoms. The second kappa shape index (κ2) is 19.5. The summed E-state index contributed by atoms with van der Waals surface area (Å²) in [5.41, 5.74) is 13.5. The number of rotatable bonds is 12. The number of ether oxygens (including phenoxy) is 2. The highest BCUT2D eigenvalue weighted by molar-refractivity contribution is 6.47. The van der Waals surface area contributed by atoms with Gasteiger partial charge in [-0.3, -0.25) is 0 Å². The lowest BCUT2D eigenvalue weighted by atomic mass is 9.87. The normalized spacial score (nSPS) is 12.3. The Kier molecular flexibility index (Phi) is 12.3. The smallest absolute Gasteiger partial charge is 0.120 e. The highest BCUT2D eigenvalue weighted by atomic mass is 16.5. The molecule has 0 aliphatic rings. The maximum absolute atomic E-state index is 6.36. The van der Waals surface area contributed by atoms with Gasteiger partial charge < -0.3 is 19.3 Å². The molecule has 0 atom stereocenters. The molecule has 0 saturated heterocycles. The van der Waals surface area contributed by atoms with Crippen LogP contribution in [-0.4, -0.2) is 11.2 Å². The summed E-state index contributed by atoms with van der Waals surface area (Å²) >= 11 is 0. The third-order valence-corrected chi connectivity index (χ3v) is 15.9. The highest BCUT2D eigenvalue weighted by Gasteiger charge is 2.30. The van der Waals surface area contributed by atoms with Crippen LogP contribution in [-0.2, 0) is 0 Å². The van der Waals surface area contributed by atoms with Crippen molar-refractivity contribution in [3.63, 3.8) is 0 Å². The summed E-state index contributed by atoms with van der Waals surface area (Å²) in [6, 6.07) is 81.3. The molecule has 0 aliphatic carbocycles. The molecule has 13 aromatic rings. The van der Waals surface area contributed by atoms with Crippen LogP contribution in [0.15, 0.2) is 218 Å². The van der Waals surface area contributed by atoms with E-state index >= 15 is 0 Å². The van der Waals surface area contributed by atoms with E-state index < -0.39 is 0 Å². The molecule has 4 nitrogen and oxygen atoms in total. The number of hydrogen-bond donors (Lipinski definition) is 0. The molecule has 13 rings (SSSR count). The van der Waals surface area contributed by atoms with E-state index in [-0.39, 0.29) is 11.2 Å². The van der Waals surface area contributed by atoms with Crippen LogP contribution in [0.3, 0.4) is 0 Å². The fourth-order valence-electron chi connectivity index (χ4n) is 12.5. The van der Waals surface area contributed by atoms with Gasteiger partial charge in [0.15, 0.2) is 0 Å². The first-order valence-electron chi connectivity index (χ1n) is 28.5. The third kappa shape index (κ3) is 8.79. The Morgan fingerprint density at radius 1 is 0.287 bits per heavy atom. The average molecular weight is 1040 g/mol. The van der Waals surface area contributed by atoms with Crippen LogP contribution in [0, 0.1) is 0 Å². The first-order chi connectivity index (χ1) is 38.6. The van der Waals surface area contributed by atoms with Crippen molar-refractivity contribution in [2.24, 2.45) is 0 Å². The molecule has 0 radical (unpaired) electrons. The lowest BCUT2D eigenvalue weighted by Crippen LogP contribution is -2.22. The van der Waals surface area contributed by atoms with E-state index in [2.05, 4.69) is 297 Å². The Balaban J connectivity index is 1.12. The molecule has 0 aliphatic heterocycles. The third-order valence-electron chi connectivity index (χ3n) is 15.9. The van der Waals surface area contributed by atoms with Gasteiger partial charge in [0.1, 0.15) is 22.7 Å². The summed E-state index contributed by atoms with van der Waals surface area (Å²) in [5.74, 6) is 2.53. The van der Waals surface area contributed by atoms with Crippen molar-refractivity contribution in [3.8, 4) is 33.8 Å². The van der Waals surface area contributed by atoms with Crippen LogP contribution in [0.4, 0.5) is 34.1 Å². The first-order valence-corrected chi connectivity index (χ1v) is 28.5. The molecule has 0 heterocycles. The molecule has 0 bridgehead atoms. The van der Waals surface area contributed by atoms with Crippen LogP contribution in [0.2, 0.25) is 0 Å². The Bertz CT molecular complexity index is 4040. The maximum atomic E-state index is 6.36. The van der Waals surface area contributed by atoms with Gasteiger partial charge in [0.2, 0.25) is 0 Å². The second-order valence-electron chi connectivity index (χ2n) is 24.3. The number of nitrogens with zero attached hydrogens (tertiary/aromatic N) is 2. The molecular formula is C76H68N2O2. The Labute approximate surface area is 471 Å². The minimum absolute atomic E-state index is 0.313. The minimum Gasteiger partial charge on any atom is -0.488 e. The number of benzene rings is 11. The Morgan fingerprint density at radius 3 is 0.900 bits per heavy atom. The lowest BCUT2D eigenvalue weighted by Gasteiger charge is -2.28. The van der Waals surface area contributed by atoms with Gasteiger partial charge in [-0.15, -0.1) is 0 Å². The van der Waals surface area contributed by atoms with Crippen molar-refractivity contribution in [1.29, 1.82) is 0 Å².